The molecule has 2 N–H and O–H groups in total. The zero-order chi connectivity index (χ0) is 14.4. The molecule has 5 nitrogen and oxygen atoms in total. The Bertz CT molecular complexity index is 613. The van der Waals surface area contributed by atoms with Gasteiger partial charge in [0.1, 0.15) is 18.4 Å². The fourth-order valence-electron chi connectivity index (χ4n) is 1.85. The Labute approximate surface area is 117 Å². The minimum atomic E-state index is 0.240. The minimum absolute atomic E-state index is 0.240. The number of pyridine rings is 1. The number of para-hydroxylation sites is 1. The Morgan fingerprint density at radius 2 is 2.05 bits per heavy atom. The van der Waals surface area contributed by atoms with Gasteiger partial charge in [-0.05, 0) is 12.1 Å². The largest absolute Gasteiger partial charge is 0.493 e. The van der Waals surface area contributed by atoms with Crippen molar-refractivity contribution in [3.63, 3.8) is 0 Å². The maximum absolute atomic E-state index is 9.00. The molecule has 0 aliphatic rings. The van der Waals surface area contributed by atoms with Crippen LogP contribution in [0.3, 0.4) is 0 Å². The van der Waals surface area contributed by atoms with Crippen LogP contribution >= 0.6 is 0 Å². The van der Waals surface area contributed by atoms with E-state index in [2.05, 4.69) is 4.98 Å². The third-order valence-electron chi connectivity index (χ3n) is 2.87. The standard InChI is InChI=1S/C15H15N3O2/c1-19-14-6-2-4-11(8-16)15(14)20-10-12-5-3-7-18-13(12)9-17/h2-7H,8,10,16H2,1H3. The molecule has 0 unspecified atom stereocenters. The number of nitriles is 1. The molecule has 1 heterocycles. The molecule has 0 bridgehead atoms. The first-order valence-electron chi connectivity index (χ1n) is 6.13. The lowest BCUT2D eigenvalue weighted by Gasteiger charge is -2.14. The lowest BCUT2D eigenvalue weighted by Crippen LogP contribution is -2.05. The molecule has 5 heteroatoms. The van der Waals surface area contributed by atoms with Crippen molar-refractivity contribution >= 4 is 0 Å². The van der Waals surface area contributed by atoms with Crippen LogP contribution in [0.1, 0.15) is 16.8 Å². The number of hydrogen-bond donors (Lipinski definition) is 1. The highest BCUT2D eigenvalue weighted by molar-refractivity contribution is 5.46. The maximum Gasteiger partial charge on any atom is 0.166 e. The molecule has 102 valence electrons. The van der Waals surface area contributed by atoms with Gasteiger partial charge in [-0.15, -0.1) is 0 Å². The summed E-state index contributed by atoms with van der Waals surface area (Å²) in [6, 6.07) is 11.2. The van der Waals surface area contributed by atoms with Gasteiger partial charge in [0.2, 0.25) is 0 Å². The molecule has 2 aromatic rings. The average Bonchev–Trinajstić information content (AvgIpc) is 2.52. The predicted molar refractivity (Wildman–Crippen MR) is 74.2 cm³/mol. The number of nitrogens with two attached hydrogens (primary N) is 1. The molecule has 1 aromatic heterocycles. The zero-order valence-electron chi connectivity index (χ0n) is 11.2. The van der Waals surface area contributed by atoms with E-state index in [4.69, 9.17) is 20.5 Å². The first kappa shape index (κ1) is 13.8. The van der Waals surface area contributed by atoms with E-state index in [0.717, 1.165) is 11.1 Å². The second-order valence-electron chi connectivity index (χ2n) is 4.06. The third kappa shape index (κ3) is 2.87. The lowest BCUT2D eigenvalue weighted by atomic mass is 10.2. The van der Waals surface area contributed by atoms with E-state index in [1.54, 1.807) is 19.4 Å². The summed E-state index contributed by atoms with van der Waals surface area (Å²) in [4.78, 5) is 4.00. The van der Waals surface area contributed by atoms with Crippen LogP contribution in [0.25, 0.3) is 0 Å². The van der Waals surface area contributed by atoms with E-state index in [1.807, 2.05) is 30.3 Å². The fraction of sp³-hybridized carbons (Fsp3) is 0.200. The van der Waals surface area contributed by atoms with Crippen molar-refractivity contribution in [2.24, 2.45) is 5.73 Å². The quantitative estimate of drug-likeness (QED) is 0.897. The van der Waals surface area contributed by atoms with Gasteiger partial charge in [0.25, 0.3) is 0 Å². The summed E-state index contributed by atoms with van der Waals surface area (Å²) in [6.07, 6.45) is 1.58. The topological polar surface area (TPSA) is 81.2 Å². The van der Waals surface area contributed by atoms with Crippen LogP contribution in [0, 0.1) is 11.3 Å². The smallest absolute Gasteiger partial charge is 0.166 e. The number of nitrogens with zero attached hydrogens (tertiary/aromatic N) is 2. The molecule has 0 saturated heterocycles. The van der Waals surface area contributed by atoms with Crippen molar-refractivity contribution in [2.75, 3.05) is 7.11 Å². The van der Waals surface area contributed by atoms with Gasteiger partial charge in [0, 0.05) is 23.9 Å². The van der Waals surface area contributed by atoms with Gasteiger partial charge >= 0.3 is 0 Å². The summed E-state index contributed by atoms with van der Waals surface area (Å²) in [5.74, 6) is 1.22. The Balaban J connectivity index is 2.25. The molecule has 1 aromatic carbocycles. The van der Waals surface area contributed by atoms with E-state index in [0.29, 0.717) is 23.7 Å². The monoisotopic (exact) mass is 269 g/mol. The van der Waals surface area contributed by atoms with E-state index >= 15 is 0 Å². The van der Waals surface area contributed by atoms with Crippen LogP contribution in [0.2, 0.25) is 0 Å². The van der Waals surface area contributed by atoms with Crippen LogP contribution < -0.4 is 15.2 Å². The van der Waals surface area contributed by atoms with Crippen molar-refractivity contribution < 1.29 is 9.47 Å². The van der Waals surface area contributed by atoms with Crippen LogP contribution in [0.5, 0.6) is 11.5 Å². The SMILES string of the molecule is COc1cccc(CN)c1OCc1cccnc1C#N. The highest BCUT2D eigenvalue weighted by Crippen LogP contribution is 2.31. The molecule has 0 spiro atoms. The van der Waals surface area contributed by atoms with Crippen molar-refractivity contribution in [3.05, 3.63) is 53.3 Å². The molecule has 2 rings (SSSR count). The number of hydrogen-bond acceptors (Lipinski definition) is 5. The van der Waals surface area contributed by atoms with E-state index in [9.17, 15) is 0 Å². The summed E-state index contributed by atoms with van der Waals surface area (Å²) < 4.78 is 11.1. The number of benzene rings is 1. The van der Waals surface area contributed by atoms with Crippen molar-refractivity contribution in [1.29, 1.82) is 5.26 Å². The molecule has 20 heavy (non-hydrogen) atoms. The Morgan fingerprint density at radius 3 is 2.75 bits per heavy atom. The van der Waals surface area contributed by atoms with Gasteiger partial charge in [-0.3, -0.25) is 0 Å². The molecule has 0 aliphatic heterocycles. The summed E-state index contributed by atoms with van der Waals surface area (Å²) in [7, 11) is 1.58. The molecule has 0 saturated carbocycles. The lowest BCUT2D eigenvalue weighted by molar-refractivity contribution is 0.281. The van der Waals surface area contributed by atoms with Gasteiger partial charge in [-0.2, -0.15) is 5.26 Å². The van der Waals surface area contributed by atoms with Gasteiger partial charge in [0.05, 0.1) is 7.11 Å². The average molecular weight is 269 g/mol. The number of aromatic nitrogens is 1. The van der Waals surface area contributed by atoms with Crippen molar-refractivity contribution in [1.82, 2.24) is 4.98 Å². The first-order valence-corrected chi connectivity index (χ1v) is 6.13. The fourth-order valence-corrected chi connectivity index (χ4v) is 1.85. The van der Waals surface area contributed by atoms with Gasteiger partial charge in [-0.1, -0.05) is 18.2 Å². The summed E-state index contributed by atoms with van der Waals surface area (Å²) in [6.45, 7) is 0.592. The number of methoxy groups -OCH3 is 1. The summed E-state index contributed by atoms with van der Waals surface area (Å²) in [5.41, 5.74) is 7.64. The van der Waals surface area contributed by atoms with E-state index in [-0.39, 0.29) is 6.61 Å². The Hall–Kier alpha value is -2.58. The van der Waals surface area contributed by atoms with Crippen LogP contribution in [0.15, 0.2) is 36.5 Å². The van der Waals surface area contributed by atoms with E-state index < -0.39 is 0 Å². The summed E-state index contributed by atoms with van der Waals surface area (Å²) >= 11 is 0. The molecular formula is C15H15N3O2. The Kier molecular flexibility index (Phi) is 4.53. The predicted octanol–water partition coefficient (Wildman–Crippen LogP) is 2.00. The minimum Gasteiger partial charge on any atom is -0.493 e. The number of rotatable bonds is 5. The second-order valence-corrected chi connectivity index (χ2v) is 4.06. The molecule has 0 atom stereocenters. The van der Waals surface area contributed by atoms with Crippen LogP contribution in [-0.4, -0.2) is 12.1 Å². The molecule has 0 amide bonds. The third-order valence-corrected chi connectivity index (χ3v) is 2.87. The highest BCUT2D eigenvalue weighted by atomic mass is 16.5. The van der Waals surface area contributed by atoms with Crippen LogP contribution in [0.4, 0.5) is 0 Å². The zero-order valence-corrected chi connectivity index (χ0v) is 11.2. The normalized spacial score (nSPS) is 9.85. The van der Waals surface area contributed by atoms with Gasteiger partial charge in [0.15, 0.2) is 11.5 Å². The first-order chi connectivity index (χ1) is 9.80. The Morgan fingerprint density at radius 1 is 1.25 bits per heavy atom. The van der Waals surface area contributed by atoms with Crippen molar-refractivity contribution in [2.45, 2.75) is 13.2 Å². The molecule has 0 fully saturated rings. The van der Waals surface area contributed by atoms with Gasteiger partial charge < -0.3 is 15.2 Å². The van der Waals surface area contributed by atoms with Crippen molar-refractivity contribution in [3.8, 4) is 17.6 Å². The van der Waals surface area contributed by atoms with Gasteiger partial charge in [-0.25, -0.2) is 4.98 Å². The molecule has 0 radical (unpaired) electrons. The second kappa shape index (κ2) is 6.55. The van der Waals surface area contributed by atoms with E-state index in [1.165, 1.54) is 0 Å². The summed E-state index contributed by atoms with van der Waals surface area (Å²) in [5, 5.41) is 9.00. The molecular weight excluding hydrogens is 254 g/mol. The highest BCUT2D eigenvalue weighted by Gasteiger charge is 2.11. The van der Waals surface area contributed by atoms with Crippen LogP contribution in [-0.2, 0) is 13.2 Å². The maximum atomic E-state index is 9.00. The number of ether oxygens (including phenoxy) is 2. The molecule has 0 aliphatic carbocycles.